The van der Waals surface area contributed by atoms with Crippen molar-refractivity contribution in [2.75, 3.05) is 0 Å². The number of primary sulfonamides is 1. The molecule has 5 nitrogen and oxygen atoms in total. The maximum atomic E-state index is 13.3. The van der Waals surface area contributed by atoms with Crippen LogP contribution >= 0.6 is 0 Å². The van der Waals surface area contributed by atoms with Crippen molar-refractivity contribution in [2.24, 2.45) is 5.14 Å². The molecule has 0 saturated carbocycles. The fraction of sp³-hybridized carbons (Fsp3) is 0.118. The van der Waals surface area contributed by atoms with Crippen molar-refractivity contribution in [3.8, 4) is 16.9 Å². The van der Waals surface area contributed by atoms with Crippen LogP contribution in [-0.2, 0) is 16.2 Å². The SMILES string of the molecule is [2H]c1c([2H])c(S(N)(=O)=O)c([2H])c([2H])c1-n1nc(C(F)(F)F)cc1-c1cccc(C)c1. The summed E-state index contributed by atoms with van der Waals surface area (Å²) in [6.45, 7) is 1.71. The summed E-state index contributed by atoms with van der Waals surface area (Å²) < 4.78 is 96.0. The van der Waals surface area contributed by atoms with Crippen LogP contribution in [0.4, 0.5) is 13.2 Å². The molecule has 0 fully saturated rings. The summed E-state index contributed by atoms with van der Waals surface area (Å²) in [5.74, 6) is 0. The number of rotatable bonds is 3. The van der Waals surface area contributed by atoms with Crippen molar-refractivity contribution in [1.29, 1.82) is 0 Å². The Balaban J connectivity index is 2.43. The van der Waals surface area contributed by atoms with Crippen LogP contribution < -0.4 is 5.14 Å². The number of benzene rings is 2. The van der Waals surface area contributed by atoms with Gasteiger partial charge in [0.15, 0.2) is 5.69 Å². The summed E-state index contributed by atoms with van der Waals surface area (Å²) in [5.41, 5.74) is -1.09. The van der Waals surface area contributed by atoms with E-state index in [-0.39, 0.29) is 11.3 Å². The van der Waals surface area contributed by atoms with E-state index in [1.807, 2.05) is 0 Å². The number of alkyl halides is 3. The van der Waals surface area contributed by atoms with Gasteiger partial charge in [0.25, 0.3) is 0 Å². The summed E-state index contributed by atoms with van der Waals surface area (Å²) in [7, 11) is -4.62. The Bertz CT molecular complexity index is 1240. The first-order valence-electron chi connectivity index (χ1n) is 9.11. The quantitative estimate of drug-likeness (QED) is 0.749. The van der Waals surface area contributed by atoms with E-state index < -0.39 is 56.6 Å². The van der Waals surface area contributed by atoms with Gasteiger partial charge in [0.05, 0.1) is 21.8 Å². The molecular weight excluding hydrogens is 367 g/mol. The molecule has 136 valence electrons. The second kappa shape index (κ2) is 6.26. The first kappa shape index (κ1) is 13.5. The average molecular weight is 385 g/mol. The minimum Gasteiger partial charge on any atom is -0.233 e. The van der Waals surface area contributed by atoms with Gasteiger partial charge < -0.3 is 0 Å². The molecule has 3 rings (SSSR count). The van der Waals surface area contributed by atoms with Gasteiger partial charge in [0.2, 0.25) is 10.0 Å². The summed E-state index contributed by atoms with van der Waals surface area (Å²) in [5, 5.41) is 8.44. The zero-order valence-electron chi connectivity index (χ0n) is 17.2. The zero-order chi connectivity index (χ0) is 22.6. The molecule has 0 spiro atoms. The van der Waals surface area contributed by atoms with Crippen molar-refractivity contribution < 1.29 is 27.1 Å². The molecule has 0 aliphatic carbocycles. The Morgan fingerprint density at radius 1 is 1.15 bits per heavy atom. The van der Waals surface area contributed by atoms with E-state index in [2.05, 4.69) is 5.10 Å². The minimum absolute atomic E-state index is 0.143. The van der Waals surface area contributed by atoms with Crippen molar-refractivity contribution in [2.45, 2.75) is 18.0 Å². The predicted octanol–water partition coefficient (Wildman–Crippen LogP) is 3.51. The lowest BCUT2D eigenvalue weighted by Gasteiger charge is -2.09. The highest BCUT2D eigenvalue weighted by Crippen LogP contribution is 2.33. The topological polar surface area (TPSA) is 78.0 Å². The molecule has 0 bridgehead atoms. The lowest BCUT2D eigenvalue weighted by Crippen LogP contribution is -2.12. The van der Waals surface area contributed by atoms with E-state index in [0.717, 1.165) is 5.56 Å². The van der Waals surface area contributed by atoms with Gasteiger partial charge >= 0.3 is 6.18 Å². The molecule has 26 heavy (non-hydrogen) atoms. The first-order chi connectivity index (χ1) is 13.7. The van der Waals surface area contributed by atoms with Crippen molar-refractivity contribution in [1.82, 2.24) is 9.78 Å². The maximum Gasteiger partial charge on any atom is 0.435 e. The third-order valence-electron chi connectivity index (χ3n) is 3.40. The molecule has 0 aliphatic heterocycles. The van der Waals surface area contributed by atoms with Gasteiger partial charge in [-0.05, 0) is 43.2 Å². The number of sulfonamides is 1. The van der Waals surface area contributed by atoms with Crippen LogP contribution in [0, 0.1) is 6.92 Å². The summed E-state index contributed by atoms with van der Waals surface area (Å²) in [4.78, 5) is -1.05. The van der Waals surface area contributed by atoms with Gasteiger partial charge in [0.1, 0.15) is 0 Å². The Labute approximate surface area is 153 Å². The highest BCUT2D eigenvalue weighted by molar-refractivity contribution is 7.89. The van der Waals surface area contributed by atoms with Crippen LogP contribution in [0.5, 0.6) is 0 Å². The molecule has 2 N–H and O–H groups in total. The van der Waals surface area contributed by atoms with Crippen LogP contribution in [0.1, 0.15) is 16.7 Å². The molecule has 9 heteroatoms. The van der Waals surface area contributed by atoms with Gasteiger partial charge in [-0.1, -0.05) is 23.8 Å². The number of hydrogen-bond donors (Lipinski definition) is 1. The molecular formula is C17H14F3N3O2S. The van der Waals surface area contributed by atoms with Crippen molar-refractivity contribution in [3.63, 3.8) is 0 Å². The Morgan fingerprint density at radius 2 is 1.81 bits per heavy atom. The molecule has 0 aliphatic rings. The molecule has 2 aromatic carbocycles. The highest BCUT2D eigenvalue weighted by atomic mass is 32.2. The van der Waals surface area contributed by atoms with Crippen LogP contribution in [0.2, 0.25) is 0 Å². The number of halogens is 3. The van der Waals surface area contributed by atoms with Gasteiger partial charge in [-0.2, -0.15) is 18.3 Å². The Morgan fingerprint density at radius 3 is 2.35 bits per heavy atom. The van der Waals surface area contributed by atoms with E-state index in [0.29, 0.717) is 10.7 Å². The monoisotopic (exact) mass is 385 g/mol. The van der Waals surface area contributed by atoms with Crippen LogP contribution in [-0.4, -0.2) is 18.2 Å². The van der Waals surface area contributed by atoms with E-state index in [1.165, 1.54) is 6.07 Å². The molecule has 0 atom stereocenters. The van der Waals surface area contributed by atoms with Gasteiger partial charge in [0, 0.05) is 5.56 Å². The summed E-state index contributed by atoms with van der Waals surface area (Å²) >= 11 is 0. The molecule has 3 aromatic rings. The highest BCUT2D eigenvalue weighted by Gasteiger charge is 2.35. The molecule has 0 saturated heterocycles. The third kappa shape index (κ3) is 3.63. The largest absolute Gasteiger partial charge is 0.435 e. The third-order valence-corrected chi connectivity index (χ3v) is 4.17. The van der Waals surface area contributed by atoms with E-state index in [4.69, 9.17) is 10.6 Å². The van der Waals surface area contributed by atoms with E-state index >= 15 is 0 Å². The molecule has 1 heterocycles. The molecule has 0 unspecified atom stereocenters. The van der Waals surface area contributed by atoms with E-state index in [9.17, 15) is 21.6 Å². The average Bonchev–Trinajstić information content (AvgIpc) is 3.04. The second-order valence-electron chi connectivity index (χ2n) is 5.42. The first-order valence-corrected chi connectivity index (χ1v) is 8.66. The normalized spacial score (nSPS) is 14.5. The lowest BCUT2D eigenvalue weighted by molar-refractivity contribution is -0.141. The molecule has 0 radical (unpaired) electrons. The maximum absolute atomic E-state index is 13.3. The second-order valence-corrected chi connectivity index (χ2v) is 6.91. The molecule has 0 amide bonds. The number of aromatic nitrogens is 2. The van der Waals surface area contributed by atoms with Gasteiger partial charge in [-0.25, -0.2) is 18.2 Å². The number of hydrogen-bond acceptors (Lipinski definition) is 3. The van der Waals surface area contributed by atoms with Crippen LogP contribution in [0.25, 0.3) is 16.9 Å². The van der Waals surface area contributed by atoms with Crippen molar-refractivity contribution in [3.05, 3.63) is 65.8 Å². The molecule has 1 aromatic heterocycles. The summed E-state index contributed by atoms with van der Waals surface area (Å²) in [6, 6.07) is 3.27. The van der Waals surface area contributed by atoms with E-state index in [1.54, 1.807) is 25.1 Å². The zero-order valence-corrected chi connectivity index (χ0v) is 14.0. The van der Waals surface area contributed by atoms with Gasteiger partial charge in [-0.15, -0.1) is 0 Å². The van der Waals surface area contributed by atoms with Gasteiger partial charge in [-0.3, -0.25) is 0 Å². The van der Waals surface area contributed by atoms with Crippen LogP contribution in [0.3, 0.4) is 0 Å². The Kier molecular flexibility index (Phi) is 3.26. The number of nitrogens with two attached hydrogens (primary N) is 1. The fourth-order valence-corrected chi connectivity index (χ4v) is 2.63. The minimum atomic E-state index is -4.84. The lowest BCUT2D eigenvalue weighted by atomic mass is 10.1. The smallest absolute Gasteiger partial charge is 0.233 e. The Hall–Kier alpha value is -2.65. The number of aryl methyl sites for hydroxylation is 1. The number of nitrogens with zero attached hydrogens (tertiary/aromatic N) is 2. The standard InChI is InChI=1S/C17H14F3N3O2S/c1-11-3-2-4-12(9-11)15-10-16(17(18,19)20)22-23(15)13-5-7-14(8-6-13)26(21,24)25/h2-10H,1H3,(H2,21,24,25)/i5D,6D,7D,8D. The van der Waals surface area contributed by atoms with Crippen LogP contribution in [0.15, 0.2) is 59.4 Å². The van der Waals surface area contributed by atoms with Crippen molar-refractivity contribution >= 4 is 10.0 Å². The summed E-state index contributed by atoms with van der Waals surface area (Å²) in [6.07, 6.45) is -4.84. The predicted molar refractivity (Wildman–Crippen MR) is 90.1 cm³/mol. The fourth-order valence-electron chi connectivity index (χ4n) is 2.24.